The van der Waals surface area contributed by atoms with Gasteiger partial charge in [-0.25, -0.2) is 4.39 Å². The Kier molecular flexibility index (Phi) is 4.52. The highest BCUT2D eigenvalue weighted by Gasteiger charge is 2.26. The van der Waals surface area contributed by atoms with Gasteiger partial charge in [0.25, 0.3) is 0 Å². The van der Waals surface area contributed by atoms with Crippen molar-refractivity contribution >= 4 is 0 Å². The van der Waals surface area contributed by atoms with Crippen LogP contribution in [0.25, 0.3) is 0 Å². The summed E-state index contributed by atoms with van der Waals surface area (Å²) in [6.45, 7) is 3.22. The zero-order valence-electron chi connectivity index (χ0n) is 11.1. The first-order chi connectivity index (χ1) is 9.11. The van der Waals surface area contributed by atoms with Gasteiger partial charge in [0.2, 0.25) is 0 Å². The summed E-state index contributed by atoms with van der Waals surface area (Å²) in [6, 6.07) is 7.13. The molecule has 2 atom stereocenters. The number of hydrogen-bond donors (Lipinski definition) is 1. The van der Waals surface area contributed by atoms with Crippen molar-refractivity contribution in [2.75, 3.05) is 6.54 Å². The average Bonchev–Trinajstić information content (AvgIpc) is 2.78. The van der Waals surface area contributed by atoms with Crippen LogP contribution in [0.1, 0.15) is 37.3 Å². The number of nitrogens with zero attached hydrogens (tertiary/aromatic N) is 2. The Bertz CT molecular complexity index is 482. The van der Waals surface area contributed by atoms with E-state index in [9.17, 15) is 9.50 Å². The number of halogens is 1. The number of aliphatic hydroxyl groups excluding tert-OH is 1. The maximum absolute atomic E-state index is 14.0. The molecule has 0 radical (unpaired) electrons. The molecule has 2 unspecified atom stereocenters. The molecule has 4 heteroatoms. The Morgan fingerprint density at radius 2 is 2.37 bits per heavy atom. The quantitative estimate of drug-likeness (QED) is 0.906. The van der Waals surface area contributed by atoms with Gasteiger partial charge in [0.1, 0.15) is 11.9 Å². The Morgan fingerprint density at radius 3 is 3.05 bits per heavy atom. The Balaban J connectivity index is 2.10. The fraction of sp³-hybridized carbons (Fsp3) is 0.533. The normalized spacial score (nSPS) is 21.3. The Hall–Kier alpha value is -1.44. The van der Waals surface area contributed by atoms with Crippen LogP contribution in [0.4, 0.5) is 4.39 Å². The van der Waals surface area contributed by atoms with E-state index in [0.29, 0.717) is 18.2 Å². The molecule has 1 aromatic rings. The topological polar surface area (TPSA) is 47.3 Å². The summed E-state index contributed by atoms with van der Waals surface area (Å²) in [5.74, 6) is -0.410. The third kappa shape index (κ3) is 3.31. The van der Waals surface area contributed by atoms with Gasteiger partial charge >= 0.3 is 0 Å². The molecule has 0 spiro atoms. The van der Waals surface area contributed by atoms with E-state index in [-0.39, 0.29) is 11.7 Å². The molecule has 0 aromatic heterocycles. The molecule has 0 saturated carbocycles. The highest BCUT2D eigenvalue weighted by atomic mass is 19.1. The molecule has 0 bridgehead atoms. The highest BCUT2D eigenvalue weighted by molar-refractivity contribution is 5.34. The second kappa shape index (κ2) is 6.14. The van der Waals surface area contributed by atoms with Crippen molar-refractivity contribution in [3.05, 3.63) is 35.1 Å². The average molecular weight is 262 g/mol. The number of benzene rings is 1. The van der Waals surface area contributed by atoms with E-state index in [4.69, 9.17) is 5.26 Å². The molecular formula is C15H19FN2O. The van der Waals surface area contributed by atoms with Crippen molar-refractivity contribution in [2.24, 2.45) is 0 Å². The standard InChI is InChI=1S/C15H19FN2O/c1-11(19)8-14-6-3-7-18(14)10-13-5-2-4-12(9-17)15(13)16/h2,4-5,11,14,19H,3,6-8,10H2,1H3. The number of hydrogen-bond acceptors (Lipinski definition) is 3. The van der Waals surface area contributed by atoms with Gasteiger partial charge < -0.3 is 5.11 Å². The number of rotatable bonds is 4. The third-order valence-corrected chi connectivity index (χ3v) is 3.68. The van der Waals surface area contributed by atoms with Crippen LogP contribution in [0.3, 0.4) is 0 Å². The molecule has 19 heavy (non-hydrogen) atoms. The van der Waals surface area contributed by atoms with Gasteiger partial charge in [0.05, 0.1) is 11.7 Å². The second-order valence-corrected chi connectivity index (χ2v) is 5.24. The van der Waals surface area contributed by atoms with Gasteiger partial charge in [-0.05, 0) is 38.8 Å². The van der Waals surface area contributed by atoms with Crippen LogP contribution in [0.2, 0.25) is 0 Å². The van der Waals surface area contributed by atoms with Gasteiger partial charge in [0.15, 0.2) is 0 Å². The summed E-state index contributed by atoms with van der Waals surface area (Å²) in [5.41, 5.74) is 0.667. The largest absolute Gasteiger partial charge is 0.393 e. The van der Waals surface area contributed by atoms with Crippen LogP contribution in [-0.4, -0.2) is 28.7 Å². The molecule has 1 saturated heterocycles. The molecular weight excluding hydrogens is 243 g/mol. The number of likely N-dealkylation sites (tertiary alicyclic amines) is 1. The van der Waals surface area contributed by atoms with Crippen LogP contribution >= 0.6 is 0 Å². The van der Waals surface area contributed by atoms with Crippen molar-refractivity contribution in [1.29, 1.82) is 5.26 Å². The first kappa shape index (κ1) is 14.0. The third-order valence-electron chi connectivity index (χ3n) is 3.68. The molecule has 3 nitrogen and oxygen atoms in total. The lowest BCUT2D eigenvalue weighted by atomic mass is 10.1. The lowest BCUT2D eigenvalue weighted by Gasteiger charge is -2.25. The first-order valence-electron chi connectivity index (χ1n) is 6.71. The zero-order chi connectivity index (χ0) is 13.8. The van der Waals surface area contributed by atoms with Gasteiger partial charge in [0, 0.05) is 18.2 Å². The van der Waals surface area contributed by atoms with Crippen molar-refractivity contribution in [2.45, 2.75) is 44.9 Å². The zero-order valence-corrected chi connectivity index (χ0v) is 11.1. The molecule has 1 fully saturated rings. The van der Waals surface area contributed by atoms with Gasteiger partial charge in [-0.15, -0.1) is 0 Å². The van der Waals surface area contributed by atoms with E-state index in [2.05, 4.69) is 4.90 Å². The highest BCUT2D eigenvalue weighted by Crippen LogP contribution is 2.25. The first-order valence-corrected chi connectivity index (χ1v) is 6.71. The molecule has 1 heterocycles. The summed E-state index contributed by atoms with van der Waals surface area (Å²) in [6.07, 6.45) is 2.52. The van der Waals surface area contributed by atoms with Gasteiger partial charge in [-0.3, -0.25) is 4.90 Å². The molecule has 102 valence electrons. The summed E-state index contributed by atoms with van der Waals surface area (Å²) >= 11 is 0. The fourth-order valence-electron chi connectivity index (χ4n) is 2.77. The molecule has 1 aliphatic rings. The van der Waals surface area contributed by atoms with E-state index >= 15 is 0 Å². The predicted molar refractivity (Wildman–Crippen MR) is 70.8 cm³/mol. The lowest BCUT2D eigenvalue weighted by Crippen LogP contribution is -2.31. The maximum Gasteiger partial charge on any atom is 0.145 e. The van der Waals surface area contributed by atoms with E-state index in [1.807, 2.05) is 6.07 Å². The van der Waals surface area contributed by atoms with Crippen molar-refractivity contribution < 1.29 is 9.50 Å². The van der Waals surface area contributed by atoms with Crippen LogP contribution in [-0.2, 0) is 6.54 Å². The molecule has 1 aliphatic heterocycles. The van der Waals surface area contributed by atoms with Crippen molar-refractivity contribution in [1.82, 2.24) is 4.90 Å². The van der Waals surface area contributed by atoms with Crippen molar-refractivity contribution in [3.8, 4) is 6.07 Å². The summed E-state index contributed by atoms with van der Waals surface area (Å²) in [5, 5.41) is 18.3. The predicted octanol–water partition coefficient (Wildman–Crippen LogP) is 2.43. The minimum atomic E-state index is -0.410. The van der Waals surface area contributed by atoms with Gasteiger partial charge in [-0.2, -0.15) is 5.26 Å². The minimum absolute atomic E-state index is 0.101. The lowest BCUT2D eigenvalue weighted by molar-refractivity contribution is 0.130. The van der Waals surface area contributed by atoms with Crippen LogP contribution < -0.4 is 0 Å². The molecule has 0 aliphatic carbocycles. The van der Waals surface area contributed by atoms with E-state index < -0.39 is 5.82 Å². The van der Waals surface area contributed by atoms with E-state index in [1.165, 1.54) is 6.07 Å². The van der Waals surface area contributed by atoms with Crippen LogP contribution in [0.5, 0.6) is 0 Å². The van der Waals surface area contributed by atoms with E-state index in [1.54, 1.807) is 19.1 Å². The summed E-state index contributed by atoms with van der Waals surface area (Å²) in [4.78, 5) is 2.20. The second-order valence-electron chi connectivity index (χ2n) is 5.24. The summed E-state index contributed by atoms with van der Waals surface area (Å²) in [7, 11) is 0. The number of nitriles is 1. The molecule has 1 N–H and O–H groups in total. The maximum atomic E-state index is 14.0. The van der Waals surface area contributed by atoms with Crippen molar-refractivity contribution in [3.63, 3.8) is 0 Å². The Morgan fingerprint density at radius 1 is 1.58 bits per heavy atom. The van der Waals surface area contributed by atoms with Crippen LogP contribution in [0.15, 0.2) is 18.2 Å². The fourth-order valence-corrected chi connectivity index (χ4v) is 2.77. The summed E-state index contributed by atoms with van der Waals surface area (Å²) < 4.78 is 14.0. The Labute approximate surface area is 113 Å². The molecule has 2 rings (SSSR count). The monoisotopic (exact) mass is 262 g/mol. The number of aliphatic hydroxyl groups is 1. The van der Waals surface area contributed by atoms with E-state index in [0.717, 1.165) is 25.8 Å². The molecule has 1 aromatic carbocycles. The SMILES string of the molecule is CC(O)CC1CCCN1Cc1cccc(C#N)c1F. The van der Waals surface area contributed by atoms with Crippen LogP contribution in [0, 0.1) is 17.1 Å². The minimum Gasteiger partial charge on any atom is -0.393 e. The molecule has 0 amide bonds. The van der Waals surface area contributed by atoms with Gasteiger partial charge in [-0.1, -0.05) is 12.1 Å². The smallest absolute Gasteiger partial charge is 0.145 e.